The Morgan fingerprint density at radius 1 is 0.784 bits per heavy atom. The summed E-state index contributed by atoms with van der Waals surface area (Å²) in [5, 5.41) is 8.31. The van der Waals surface area contributed by atoms with Crippen molar-refractivity contribution in [3.8, 4) is 0 Å². The summed E-state index contributed by atoms with van der Waals surface area (Å²) in [5.74, 6) is -0.371. The van der Waals surface area contributed by atoms with Gasteiger partial charge in [0.2, 0.25) is 5.91 Å². The topological polar surface area (TPSA) is 100 Å². The molecule has 0 aliphatic heterocycles. The first-order valence-corrected chi connectivity index (χ1v) is 12.4. The van der Waals surface area contributed by atoms with Crippen molar-refractivity contribution in [3.63, 3.8) is 0 Å². The molecule has 0 saturated heterocycles. The van der Waals surface area contributed by atoms with Gasteiger partial charge in [-0.05, 0) is 54.1 Å². The molecule has 0 atom stereocenters. The van der Waals surface area contributed by atoms with Crippen molar-refractivity contribution in [1.82, 2.24) is 10.3 Å². The lowest BCUT2D eigenvalue weighted by atomic mass is 10.1. The number of hydrogen-bond donors (Lipinski definition) is 3. The molecule has 0 aliphatic rings. The number of nitrogens with one attached hydrogen (secondary N) is 3. The third kappa shape index (κ3) is 7.91. The van der Waals surface area contributed by atoms with Gasteiger partial charge in [-0.1, -0.05) is 60.7 Å². The number of benzene rings is 3. The van der Waals surface area contributed by atoms with E-state index in [1.54, 1.807) is 72.9 Å². The van der Waals surface area contributed by atoms with Crippen LogP contribution >= 0.6 is 11.8 Å². The molecule has 3 amide bonds. The molecule has 3 aromatic carbocycles. The molecule has 0 bridgehead atoms. The summed E-state index contributed by atoms with van der Waals surface area (Å²) < 4.78 is 0. The quantitative estimate of drug-likeness (QED) is 0.213. The van der Waals surface area contributed by atoms with Gasteiger partial charge in [0.15, 0.2) is 0 Å². The predicted molar refractivity (Wildman–Crippen MR) is 147 cm³/mol. The van der Waals surface area contributed by atoms with E-state index in [4.69, 9.17) is 0 Å². The number of nitrogens with zero attached hydrogens (tertiary/aromatic N) is 1. The summed E-state index contributed by atoms with van der Waals surface area (Å²) in [6.45, 7) is 0. The average Bonchev–Trinajstić information content (AvgIpc) is 2.93. The maximum absolute atomic E-state index is 13.2. The molecule has 1 aromatic heterocycles. The van der Waals surface area contributed by atoms with Gasteiger partial charge in [0.05, 0.1) is 5.75 Å². The number of thioether (sulfide) groups is 1. The minimum atomic E-state index is -0.469. The van der Waals surface area contributed by atoms with E-state index in [9.17, 15) is 14.4 Å². The van der Waals surface area contributed by atoms with Crippen LogP contribution in [0.4, 0.5) is 11.5 Å². The largest absolute Gasteiger partial charge is 0.321 e. The molecular formula is C29H24N4O3S. The van der Waals surface area contributed by atoms with E-state index in [1.807, 2.05) is 42.5 Å². The van der Waals surface area contributed by atoms with E-state index >= 15 is 0 Å². The maximum Gasteiger partial charge on any atom is 0.272 e. The fourth-order valence-electron chi connectivity index (χ4n) is 3.28. The van der Waals surface area contributed by atoms with E-state index in [0.29, 0.717) is 17.1 Å². The lowest BCUT2D eigenvalue weighted by Crippen LogP contribution is -2.30. The van der Waals surface area contributed by atoms with Crippen LogP contribution in [-0.2, 0) is 9.59 Å². The van der Waals surface area contributed by atoms with Gasteiger partial charge >= 0.3 is 0 Å². The number of aromatic nitrogens is 1. The molecule has 4 aromatic rings. The van der Waals surface area contributed by atoms with Gasteiger partial charge in [-0.2, -0.15) is 0 Å². The highest BCUT2D eigenvalue weighted by atomic mass is 32.2. The SMILES string of the molecule is O=C(CSc1cccc(NC(=O)/C(=C/c2ccccc2)NC(=O)c2ccccc2)c1)Nc1ccccn1. The third-order valence-corrected chi connectivity index (χ3v) is 6.03. The Morgan fingerprint density at radius 3 is 2.24 bits per heavy atom. The molecule has 4 rings (SSSR count). The van der Waals surface area contributed by atoms with Gasteiger partial charge in [-0.3, -0.25) is 14.4 Å². The van der Waals surface area contributed by atoms with Crippen molar-refractivity contribution in [3.05, 3.63) is 126 Å². The number of hydrogen-bond acceptors (Lipinski definition) is 5. The first-order chi connectivity index (χ1) is 18.1. The van der Waals surface area contributed by atoms with Crippen LogP contribution in [0.25, 0.3) is 6.08 Å². The molecular weight excluding hydrogens is 484 g/mol. The van der Waals surface area contributed by atoms with E-state index in [0.717, 1.165) is 10.5 Å². The first kappa shape index (κ1) is 25.4. The van der Waals surface area contributed by atoms with Crippen LogP contribution in [0.1, 0.15) is 15.9 Å². The minimum Gasteiger partial charge on any atom is -0.321 e. The van der Waals surface area contributed by atoms with Crippen molar-refractivity contribution < 1.29 is 14.4 Å². The summed E-state index contributed by atoms with van der Waals surface area (Å²) in [6.07, 6.45) is 3.23. The second-order valence-electron chi connectivity index (χ2n) is 7.82. The Labute approximate surface area is 219 Å². The van der Waals surface area contributed by atoms with Crippen LogP contribution in [0.15, 0.2) is 120 Å². The van der Waals surface area contributed by atoms with Crippen LogP contribution in [0.2, 0.25) is 0 Å². The van der Waals surface area contributed by atoms with Crippen molar-refractivity contribution >= 4 is 47.1 Å². The zero-order valence-corrected chi connectivity index (χ0v) is 20.6. The van der Waals surface area contributed by atoms with Crippen molar-refractivity contribution in [1.29, 1.82) is 0 Å². The number of anilines is 2. The minimum absolute atomic E-state index is 0.104. The highest BCUT2D eigenvalue weighted by molar-refractivity contribution is 8.00. The zero-order valence-electron chi connectivity index (χ0n) is 19.8. The van der Waals surface area contributed by atoms with E-state index in [-0.39, 0.29) is 23.3 Å². The number of amides is 3. The van der Waals surface area contributed by atoms with Crippen LogP contribution in [0.5, 0.6) is 0 Å². The van der Waals surface area contributed by atoms with E-state index in [1.165, 1.54) is 11.8 Å². The van der Waals surface area contributed by atoms with Crippen LogP contribution < -0.4 is 16.0 Å². The fourth-order valence-corrected chi connectivity index (χ4v) is 4.04. The molecule has 8 heteroatoms. The first-order valence-electron chi connectivity index (χ1n) is 11.4. The van der Waals surface area contributed by atoms with Gasteiger partial charge in [-0.25, -0.2) is 4.98 Å². The summed E-state index contributed by atoms with van der Waals surface area (Å²) >= 11 is 1.33. The molecule has 3 N–H and O–H groups in total. The molecule has 184 valence electrons. The van der Waals surface area contributed by atoms with Gasteiger partial charge < -0.3 is 16.0 Å². The van der Waals surface area contributed by atoms with Gasteiger partial charge in [0.25, 0.3) is 11.8 Å². The normalized spacial score (nSPS) is 10.9. The highest BCUT2D eigenvalue weighted by Gasteiger charge is 2.15. The van der Waals surface area contributed by atoms with Gasteiger partial charge in [0.1, 0.15) is 11.5 Å². The molecule has 0 radical (unpaired) electrons. The number of carbonyl (C=O) groups excluding carboxylic acids is 3. The highest BCUT2D eigenvalue weighted by Crippen LogP contribution is 2.22. The lowest BCUT2D eigenvalue weighted by molar-refractivity contribution is -0.114. The molecule has 0 unspecified atom stereocenters. The smallest absolute Gasteiger partial charge is 0.272 e. The third-order valence-electron chi connectivity index (χ3n) is 5.03. The predicted octanol–water partition coefficient (Wildman–Crippen LogP) is 5.22. The standard InChI is InChI=1S/C29H24N4O3S/c34-27(33-26-16-7-8-17-30-26)20-37-24-15-9-14-23(19-24)31-29(36)25(18-21-10-3-1-4-11-21)32-28(35)22-12-5-2-6-13-22/h1-19H,20H2,(H,31,36)(H,32,35)(H,30,33,34)/b25-18-. The second kappa shape index (κ2) is 12.9. The molecule has 0 spiro atoms. The molecule has 0 saturated carbocycles. The second-order valence-corrected chi connectivity index (χ2v) is 8.87. The molecule has 0 aliphatic carbocycles. The number of carbonyl (C=O) groups is 3. The molecule has 1 heterocycles. The monoisotopic (exact) mass is 508 g/mol. The van der Waals surface area contributed by atoms with E-state index in [2.05, 4.69) is 20.9 Å². The van der Waals surface area contributed by atoms with Crippen molar-refractivity contribution in [2.75, 3.05) is 16.4 Å². The summed E-state index contributed by atoms with van der Waals surface area (Å²) in [5.41, 5.74) is 1.85. The van der Waals surface area contributed by atoms with Crippen LogP contribution in [0, 0.1) is 0 Å². The van der Waals surface area contributed by atoms with Crippen LogP contribution in [0.3, 0.4) is 0 Å². The zero-order chi connectivity index (χ0) is 25.9. The summed E-state index contributed by atoms with van der Waals surface area (Å²) in [4.78, 5) is 43.1. The van der Waals surface area contributed by atoms with Gasteiger partial charge in [0, 0.05) is 22.3 Å². The summed E-state index contributed by atoms with van der Waals surface area (Å²) in [6, 6.07) is 30.4. The van der Waals surface area contributed by atoms with Crippen molar-refractivity contribution in [2.24, 2.45) is 0 Å². The Kier molecular flexibility index (Phi) is 8.82. The van der Waals surface area contributed by atoms with Gasteiger partial charge in [-0.15, -0.1) is 11.8 Å². The Hall–Kier alpha value is -4.69. The average molecular weight is 509 g/mol. The van der Waals surface area contributed by atoms with Crippen LogP contribution in [-0.4, -0.2) is 28.5 Å². The summed E-state index contributed by atoms with van der Waals surface area (Å²) in [7, 11) is 0. The Balaban J connectivity index is 1.44. The maximum atomic E-state index is 13.2. The lowest BCUT2D eigenvalue weighted by Gasteiger charge is -2.12. The molecule has 37 heavy (non-hydrogen) atoms. The van der Waals surface area contributed by atoms with E-state index < -0.39 is 5.91 Å². The molecule has 7 nitrogen and oxygen atoms in total. The number of pyridine rings is 1. The number of rotatable bonds is 9. The van der Waals surface area contributed by atoms with Crippen molar-refractivity contribution in [2.45, 2.75) is 4.90 Å². The molecule has 0 fully saturated rings. The Bertz CT molecular complexity index is 1390. The Morgan fingerprint density at radius 2 is 1.51 bits per heavy atom. The fraction of sp³-hybridized carbons (Fsp3) is 0.0345.